The van der Waals surface area contributed by atoms with Gasteiger partial charge < -0.3 is 5.32 Å². The number of aromatic nitrogens is 1. The largest absolute Gasteiger partial charge is 0.309 e. The Balaban J connectivity index is 1.70. The summed E-state index contributed by atoms with van der Waals surface area (Å²) in [5.41, 5.74) is 5.04. The zero-order valence-corrected chi connectivity index (χ0v) is 12.3. The highest BCUT2D eigenvalue weighted by molar-refractivity contribution is 7.89. The maximum Gasteiger partial charge on any atom is 0.243 e. The smallest absolute Gasteiger partial charge is 0.243 e. The molecule has 2 aliphatic heterocycles. The predicted molar refractivity (Wildman–Crippen MR) is 78.3 cm³/mol. The van der Waals surface area contributed by atoms with Crippen LogP contribution in [0.5, 0.6) is 0 Å². The van der Waals surface area contributed by atoms with Crippen molar-refractivity contribution in [1.82, 2.24) is 14.6 Å². The van der Waals surface area contributed by atoms with Crippen molar-refractivity contribution in [3.8, 4) is 0 Å². The van der Waals surface area contributed by atoms with E-state index in [1.54, 1.807) is 28.0 Å². The molecule has 4 rings (SSSR count). The molecule has 1 N–H and O–H groups in total. The van der Waals surface area contributed by atoms with Crippen LogP contribution in [-0.2, 0) is 10.0 Å². The molecular formula is C13H13N3O2S2. The van der Waals surface area contributed by atoms with E-state index in [0.717, 1.165) is 23.3 Å². The van der Waals surface area contributed by atoms with E-state index in [-0.39, 0.29) is 0 Å². The summed E-state index contributed by atoms with van der Waals surface area (Å²) in [6.07, 6.45) is 0. The van der Waals surface area contributed by atoms with Crippen LogP contribution in [-0.4, -0.2) is 43.9 Å². The molecule has 0 atom stereocenters. The second-order valence-electron chi connectivity index (χ2n) is 5.07. The van der Waals surface area contributed by atoms with Gasteiger partial charge in [-0.05, 0) is 29.3 Å². The summed E-state index contributed by atoms with van der Waals surface area (Å²) in [6, 6.07) is 5.15. The van der Waals surface area contributed by atoms with Crippen LogP contribution in [0, 0.1) is 0 Å². The van der Waals surface area contributed by atoms with Gasteiger partial charge >= 0.3 is 0 Å². The summed E-state index contributed by atoms with van der Waals surface area (Å²) in [5.74, 6) is 0. The minimum absolute atomic E-state index is 0.364. The molecule has 0 amide bonds. The third-order valence-corrected chi connectivity index (χ3v) is 6.43. The van der Waals surface area contributed by atoms with E-state index in [9.17, 15) is 8.42 Å². The fourth-order valence-electron chi connectivity index (χ4n) is 2.75. The molecule has 5 nitrogen and oxygen atoms in total. The number of benzene rings is 1. The van der Waals surface area contributed by atoms with Crippen LogP contribution in [0.2, 0.25) is 0 Å². The van der Waals surface area contributed by atoms with Crippen molar-refractivity contribution in [1.29, 1.82) is 0 Å². The van der Waals surface area contributed by atoms with Crippen molar-refractivity contribution in [2.45, 2.75) is 4.90 Å². The van der Waals surface area contributed by atoms with Gasteiger partial charge in [-0.25, -0.2) is 13.4 Å². The van der Waals surface area contributed by atoms with Crippen molar-refractivity contribution in [2.24, 2.45) is 0 Å². The van der Waals surface area contributed by atoms with Crippen LogP contribution < -0.4 is 5.32 Å². The van der Waals surface area contributed by atoms with Crippen LogP contribution in [0.1, 0.15) is 0 Å². The summed E-state index contributed by atoms with van der Waals surface area (Å²) in [6.45, 7) is 2.67. The van der Waals surface area contributed by atoms with Crippen molar-refractivity contribution < 1.29 is 8.42 Å². The number of nitrogens with one attached hydrogen (secondary N) is 1. The van der Waals surface area contributed by atoms with Crippen molar-refractivity contribution in [3.63, 3.8) is 0 Å². The number of hydrogen-bond acceptors (Lipinski definition) is 5. The van der Waals surface area contributed by atoms with Gasteiger partial charge in [0.1, 0.15) is 0 Å². The maximum absolute atomic E-state index is 12.7. The van der Waals surface area contributed by atoms with Gasteiger partial charge in [0, 0.05) is 26.2 Å². The molecule has 1 aromatic carbocycles. The highest BCUT2D eigenvalue weighted by Crippen LogP contribution is 2.28. The molecule has 104 valence electrons. The first-order chi connectivity index (χ1) is 9.64. The molecule has 0 saturated carbocycles. The van der Waals surface area contributed by atoms with Crippen LogP contribution in [0.3, 0.4) is 0 Å². The summed E-state index contributed by atoms with van der Waals surface area (Å²) < 4.78 is 27.9. The lowest BCUT2D eigenvalue weighted by atomic mass is 10.2. The second-order valence-corrected chi connectivity index (χ2v) is 7.89. The topological polar surface area (TPSA) is 62.3 Å². The number of hydrogen-bond donors (Lipinski definition) is 1. The van der Waals surface area contributed by atoms with E-state index < -0.39 is 10.0 Å². The maximum atomic E-state index is 12.7. The Kier molecular flexibility index (Phi) is 2.71. The monoisotopic (exact) mass is 307 g/mol. The summed E-state index contributed by atoms with van der Waals surface area (Å²) >= 11 is 1.46. The molecule has 7 heteroatoms. The van der Waals surface area contributed by atoms with E-state index in [1.165, 1.54) is 22.5 Å². The first-order valence-corrected chi connectivity index (χ1v) is 8.70. The van der Waals surface area contributed by atoms with E-state index in [0.29, 0.717) is 18.0 Å². The molecule has 0 aliphatic carbocycles. The van der Waals surface area contributed by atoms with Gasteiger partial charge in [-0.15, -0.1) is 11.3 Å². The molecule has 20 heavy (non-hydrogen) atoms. The zero-order valence-electron chi connectivity index (χ0n) is 10.7. The Morgan fingerprint density at radius 3 is 2.70 bits per heavy atom. The first-order valence-electron chi connectivity index (χ1n) is 6.38. The van der Waals surface area contributed by atoms with E-state index in [4.69, 9.17) is 0 Å². The lowest BCUT2D eigenvalue weighted by Gasteiger charge is -2.18. The number of nitrogens with zero attached hydrogens (tertiary/aromatic N) is 2. The molecule has 2 aromatic rings. The van der Waals surface area contributed by atoms with Crippen molar-refractivity contribution in [2.75, 3.05) is 26.2 Å². The van der Waals surface area contributed by atoms with Gasteiger partial charge in [-0.1, -0.05) is 0 Å². The van der Waals surface area contributed by atoms with Gasteiger partial charge in [0.05, 0.1) is 20.6 Å². The SMILES string of the molecule is O=S(=O)(c1ccc2ncsc2c1)N1CC2=C(CNC2)C1. The van der Waals surface area contributed by atoms with E-state index >= 15 is 0 Å². The average Bonchev–Trinajstić information content (AvgIpc) is 3.12. The molecule has 2 aliphatic rings. The zero-order chi connectivity index (χ0) is 13.7. The molecule has 0 radical (unpaired) electrons. The third-order valence-electron chi connectivity index (χ3n) is 3.85. The Bertz CT molecular complexity index is 807. The highest BCUT2D eigenvalue weighted by Gasteiger charge is 2.33. The van der Waals surface area contributed by atoms with Crippen molar-refractivity contribution in [3.05, 3.63) is 34.9 Å². The van der Waals surface area contributed by atoms with Crippen LogP contribution in [0.15, 0.2) is 39.8 Å². The van der Waals surface area contributed by atoms with Crippen molar-refractivity contribution >= 4 is 31.6 Å². The van der Waals surface area contributed by atoms with E-state index in [2.05, 4.69) is 10.3 Å². The lowest BCUT2D eigenvalue weighted by Crippen LogP contribution is -2.32. The fraction of sp³-hybridized carbons (Fsp3) is 0.308. The van der Waals surface area contributed by atoms with Crippen LogP contribution in [0.25, 0.3) is 10.2 Å². The number of thiazole rings is 1. The highest BCUT2D eigenvalue weighted by atomic mass is 32.2. The van der Waals surface area contributed by atoms with Gasteiger partial charge in [-0.2, -0.15) is 4.31 Å². The average molecular weight is 307 g/mol. The lowest BCUT2D eigenvalue weighted by molar-refractivity contribution is 0.473. The number of fused-ring (bicyclic) bond motifs is 1. The molecule has 0 bridgehead atoms. The van der Waals surface area contributed by atoms with Crippen LogP contribution >= 0.6 is 11.3 Å². The van der Waals surface area contributed by atoms with Gasteiger partial charge in [-0.3, -0.25) is 0 Å². The first kappa shape index (κ1) is 12.5. The molecular weight excluding hydrogens is 294 g/mol. The van der Waals surface area contributed by atoms with Crippen LogP contribution in [0.4, 0.5) is 0 Å². The molecule has 3 heterocycles. The Morgan fingerprint density at radius 1 is 1.20 bits per heavy atom. The van der Waals surface area contributed by atoms with Gasteiger partial charge in [0.15, 0.2) is 0 Å². The molecule has 0 saturated heterocycles. The summed E-state index contributed by atoms with van der Waals surface area (Å²) in [5, 5.41) is 3.25. The fourth-order valence-corrected chi connectivity index (χ4v) is 4.99. The second kappa shape index (κ2) is 4.36. The minimum Gasteiger partial charge on any atom is -0.309 e. The minimum atomic E-state index is -3.41. The van der Waals surface area contributed by atoms with Gasteiger partial charge in [0.25, 0.3) is 0 Å². The molecule has 0 unspecified atom stereocenters. The van der Waals surface area contributed by atoms with Gasteiger partial charge in [0.2, 0.25) is 10.0 Å². The third kappa shape index (κ3) is 1.81. The summed E-state index contributed by atoms with van der Waals surface area (Å²) in [4.78, 5) is 4.54. The van der Waals surface area contributed by atoms with E-state index in [1.807, 2.05) is 0 Å². The number of rotatable bonds is 2. The molecule has 0 fully saturated rings. The molecule has 0 spiro atoms. The standard InChI is InChI=1S/C13H13N3O2S2/c17-20(18,16-6-9-4-14-5-10(9)7-16)11-1-2-12-13(3-11)19-8-15-12/h1-3,8,14H,4-7H2. The molecule has 1 aromatic heterocycles. The Hall–Kier alpha value is -1.28. The summed E-state index contributed by atoms with van der Waals surface area (Å²) in [7, 11) is -3.41. The predicted octanol–water partition coefficient (Wildman–Crippen LogP) is 1.20. The normalized spacial score (nSPS) is 20.0. The Labute approximate surface area is 121 Å². The number of sulfonamides is 1. The Morgan fingerprint density at radius 2 is 1.95 bits per heavy atom. The quantitative estimate of drug-likeness (QED) is 0.847.